The predicted octanol–water partition coefficient (Wildman–Crippen LogP) is 4.65. The van der Waals surface area contributed by atoms with Gasteiger partial charge in [0.1, 0.15) is 6.04 Å². The van der Waals surface area contributed by atoms with Crippen molar-refractivity contribution < 1.29 is 9.59 Å². The van der Waals surface area contributed by atoms with Gasteiger partial charge in [-0.25, -0.2) is 0 Å². The highest BCUT2D eigenvalue weighted by Gasteiger charge is 2.26. The third kappa shape index (κ3) is 6.58. The van der Waals surface area contributed by atoms with E-state index in [0.717, 1.165) is 30.4 Å². The molecule has 0 saturated carbocycles. The van der Waals surface area contributed by atoms with Crippen molar-refractivity contribution in [2.75, 3.05) is 6.54 Å². The van der Waals surface area contributed by atoms with Crippen LogP contribution in [-0.4, -0.2) is 29.3 Å². The standard InChI is InChI=1S/C26H32N2O2/c1-21(26(30)27-18-17-22-11-5-2-6-12-22)28(20-24-15-9-4-10-16-24)25(29)19-23-13-7-3-8-14-23/h3-4,7-11,13-16,21H,2,5-6,12,17-20H2,1H3,(H,27,30)/t21-/m0/s1. The lowest BCUT2D eigenvalue weighted by Crippen LogP contribution is -2.48. The van der Waals surface area contributed by atoms with E-state index in [1.54, 1.807) is 4.90 Å². The van der Waals surface area contributed by atoms with Crippen LogP contribution in [0.2, 0.25) is 0 Å². The first-order valence-corrected chi connectivity index (χ1v) is 11.0. The van der Waals surface area contributed by atoms with E-state index in [9.17, 15) is 9.59 Å². The number of rotatable bonds is 9. The lowest BCUT2D eigenvalue weighted by molar-refractivity contribution is -0.140. The molecule has 0 aromatic heterocycles. The average molecular weight is 405 g/mol. The van der Waals surface area contributed by atoms with Gasteiger partial charge in [0, 0.05) is 13.1 Å². The molecule has 0 fully saturated rings. The number of nitrogens with zero attached hydrogens (tertiary/aromatic N) is 1. The molecule has 1 N–H and O–H groups in total. The third-order valence-electron chi connectivity index (χ3n) is 5.69. The van der Waals surface area contributed by atoms with Crippen LogP contribution in [0.3, 0.4) is 0 Å². The molecule has 0 radical (unpaired) electrons. The van der Waals surface area contributed by atoms with E-state index in [1.165, 1.54) is 18.4 Å². The Labute approximate surface area is 180 Å². The number of allylic oxidation sites excluding steroid dienone is 1. The Morgan fingerprint density at radius 3 is 2.27 bits per heavy atom. The summed E-state index contributed by atoms with van der Waals surface area (Å²) < 4.78 is 0. The molecule has 4 nitrogen and oxygen atoms in total. The molecule has 1 atom stereocenters. The smallest absolute Gasteiger partial charge is 0.242 e. The average Bonchev–Trinajstić information content (AvgIpc) is 2.79. The second-order valence-electron chi connectivity index (χ2n) is 7.99. The summed E-state index contributed by atoms with van der Waals surface area (Å²) >= 11 is 0. The molecule has 0 heterocycles. The first-order chi connectivity index (χ1) is 14.6. The van der Waals surface area contributed by atoms with E-state index >= 15 is 0 Å². The Hall–Kier alpha value is -2.88. The van der Waals surface area contributed by atoms with Gasteiger partial charge in [0.25, 0.3) is 0 Å². The van der Waals surface area contributed by atoms with Gasteiger partial charge in [0.05, 0.1) is 6.42 Å². The van der Waals surface area contributed by atoms with Gasteiger partial charge in [0.15, 0.2) is 0 Å². The summed E-state index contributed by atoms with van der Waals surface area (Å²) in [5.74, 6) is -0.133. The normalized spacial score (nSPS) is 14.5. The largest absolute Gasteiger partial charge is 0.354 e. The Bertz CT molecular complexity index is 846. The van der Waals surface area contributed by atoms with Crippen molar-refractivity contribution in [1.29, 1.82) is 0 Å². The van der Waals surface area contributed by atoms with Crippen LogP contribution in [0.4, 0.5) is 0 Å². The van der Waals surface area contributed by atoms with Crippen LogP contribution in [0.1, 0.15) is 50.2 Å². The third-order valence-corrected chi connectivity index (χ3v) is 5.69. The predicted molar refractivity (Wildman–Crippen MR) is 121 cm³/mol. The van der Waals surface area contributed by atoms with E-state index < -0.39 is 6.04 Å². The van der Waals surface area contributed by atoms with Crippen LogP contribution in [0.15, 0.2) is 72.3 Å². The lowest BCUT2D eigenvalue weighted by atomic mass is 9.97. The molecule has 4 heteroatoms. The number of hydrogen-bond donors (Lipinski definition) is 1. The Kier molecular flexibility index (Phi) is 8.25. The summed E-state index contributed by atoms with van der Waals surface area (Å²) in [5, 5.41) is 3.04. The van der Waals surface area contributed by atoms with Gasteiger partial charge in [-0.15, -0.1) is 0 Å². The summed E-state index contributed by atoms with van der Waals surface area (Å²) in [7, 11) is 0. The monoisotopic (exact) mass is 404 g/mol. The van der Waals surface area contributed by atoms with Crippen LogP contribution in [0.5, 0.6) is 0 Å². The summed E-state index contributed by atoms with van der Waals surface area (Å²) in [6, 6.07) is 19.0. The van der Waals surface area contributed by atoms with Crippen LogP contribution < -0.4 is 5.32 Å². The SMILES string of the molecule is C[C@@H](C(=O)NCCC1=CCCCC1)N(Cc1ccccc1)C(=O)Cc1ccccc1. The first kappa shape index (κ1) is 21.8. The molecule has 1 aliphatic rings. The van der Waals surface area contributed by atoms with Crippen LogP contribution in [0, 0.1) is 0 Å². The van der Waals surface area contributed by atoms with Gasteiger partial charge in [-0.05, 0) is 50.2 Å². The molecular weight excluding hydrogens is 372 g/mol. The molecule has 2 amide bonds. The molecule has 158 valence electrons. The Morgan fingerprint density at radius 1 is 0.967 bits per heavy atom. The molecule has 30 heavy (non-hydrogen) atoms. The number of nitrogens with one attached hydrogen (secondary N) is 1. The fourth-order valence-electron chi connectivity index (χ4n) is 3.86. The highest BCUT2D eigenvalue weighted by molar-refractivity contribution is 5.88. The second-order valence-corrected chi connectivity index (χ2v) is 7.99. The van der Waals surface area contributed by atoms with E-state index in [2.05, 4.69) is 11.4 Å². The molecule has 0 spiro atoms. The van der Waals surface area contributed by atoms with E-state index in [4.69, 9.17) is 0 Å². The number of benzene rings is 2. The molecule has 3 rings (SSSR count). The van der Waals surface area contributed by atoms with Crippen molar-refractivity contribution in [2.24, 2.45) is 0 Å². The number of carbonyl (C=O) groups is 2. The fourth-order valence-corrected chi connectivity index (χ4v) is 3.86. The van der Waals surface area contributed by atoms with Crippen LogP contribution in [0.25, 0.3) is 0 Å². The van der Waals surface area contributed by atoms with Gasteiger partial charge >= 0.3 is 0 Å². The number of amides is 2. The summed E-state index contributed by atoms with van der Waals surface area (Å²) in [6.45, 7) is 2.87. The van der Waals surface area contributed by atoms with E-state index in [-0.39, 0.29) is 18.2 Å². The maximum atomic E-state index is 13.1. The number of hydrogen-bond acceptors (Lipinski definition) is 2. The molecule has 0 bridgehead atoms. The van der Waals surface area contributed by atoms with E-state index in [1.807, 2.05) is 67.6 Å². The molecule has 0 saturated heterocycles. The first-order valence-electron chi connectivity index (χ1n) is 11.0. The van der Waals surface area contributed by atoms with Gasteiger partial charge in [0.2, 0.25) is 11.8 Å². The fraction of sp³-hybridized carbons (Fsp3) is 0.385. The van der Waals surface area contributed by atoms with Crippen LogP contribution in [-0.2, 0) is 22.6 Å². The second kappa shape index (κ2) is 11.3. The zero-order valence-electron chi connectivity index (χ0n) is 17.8. The molecule has 1 aliphatic carbocycles. The molecule has 0 aliphatic heterocycles. The van der Waals surface area contributed by atoms with Gasteiger partial charge in [-0.2, -0.15) is 0 Å². The van der Waals surface area contributed by atoms with Crippen molar-refractivity contribution in [1.82, 2.24) is 10.2 Å². The molecular formula is C26H32N2O2. The molecule has 2 aromatic rings. The van der Waals surface area contributed by atoms with E-state index in [0.29, 0.717) is 13.1 Å². The van der Waals surface area contributed by atoms with Gasteiger partial charge in [-0.1, -0.05) is 72.3 Å². The zero-order valence-corrected chi connectivity index (χ0v) is 17.8. The van der Waals surface area contributed by atoms with Crippen molar-refractivity contribution in [3.8, 4) is 0 Å². The summed E-state index contributed by atoms with van der Waals surface area (Å²) in [4.78, 5) is 27.7. The quantitative estimate of drug-likeness (QED) is 0.618. The Morgan fingerprint density at radius 2 is 1.63 bits per heavy atom. The van der Waals surface area contributed by atoms with Crippen molar-refractivity contribution in [3.63, 3.8) is 0 Å². The maximum Gasteiger partial charge on any atom is 0.242 e. The minimum absolute atomic E-state index is 0.0392. The summed E-state index contributed by atoms with van der Waals surface area (Å²) in [5.41, 5.74) is 3.42. The minimum atomic E-state index is -0.526. The topological polar surface area (TPSA) is 49.4 Å². The highest BCUT2D eigenvalue weighted by Crippen LogP contribution is 2.19. The molecule has 2 aromatic carbocycles. The van der Waals surface area contributed by atoms with Crippen molar-refractivity contribution in [2.45, 2.75) is 58.0 Å². The Balaban J connectivity index is 1.63. The van der Waals surface area contributed by atoms with Gasteiger partial charge in [-0.3, -0.25) is 9.59 Å². The summed E-state index contributed by atoms with van der Waals surface area (Å²) in [6.07, 6.45) is 8.30. The highest BCUT2D eigenvalue weighted by atomic mass is 16.2. The maximum absolute atomic E-state index is 13.1. The minimum Gasteiger partial charge on any atom is -0.354 e. The van der Waals surface area contributed by atoms with Crippen molar-refractivity contribution >= 4 is 11.8 Å². The van der Waals surface area contributed by atoms with Crippen LogP contribution >= 0.6 is 0 Å². The van der Waals surface area contributed by atoms with Gasteiger partial charge < -0.3 is 10.2 Å². The molecule has 0 unspecified atom stereocenters. The zero-order chi connectivity index (χ0) is 21.2. The van der Waals surface area contributed by atoms with Crippen molar-refractivity contribution in [3.05, 3.63) is 83.4 Å². The lowest BCUT2D eigenvalue weighted by Gasteiger charge is -2.29. The number of carbonyl (C=O) groups excluding carboxylic acids is 2.